The second-order valence-electron chi connectivity index (χ2n) is 5.87. The van der Waals surface area contributed by atoms with E-state index in [-0.39, 0.29) is 32.1 Å². The standard InChI is InChI=1S/C18H16F4N2O3/c19-14-6-11(16-12(7-14)9-26-10-27-16)4-5-23-17(25)24-15-3-1-2-13(8-15)18(20,21)22/h1-3,6-8H,4-5,9-10H2,(H2,23,24,25). The summed E-state index contributed by atoms with van der Waals surface area (Å²) in [6.07, 6.45) is -4.20. The van der Waals surface area contributed by atoms with E-state index in [1.165, 1.54) is 24.3 Å². The van der Waals surface area contributed by atoms with Gasteiger partial charge in [-0.15, -0.1) is 0 Å². The van der Waals surface area contributed by atoms with Crippen molar-refractivity contribution in [1.82, 2.24) is 5.32 Å². The predicted molar refractivity (Wildman–Crippen MR) is 88.9 cm³/mol. The Balaban J connectivity index is 1.57. The Morgan fingerprint density at radius 3 is 2.78 bits per heavy atom. The monoisotopic (exact) mass is 384 g/mol. The van der Waals surface area contributed by atoms with E-state index < -0.39 is 23.6 Å². The van der Waals surface area contributed by atoms with Gasteiger partial charge in [-0.2, -0.15) is 13.2 Å². The molecule has 0 spiro atoms. The molecule has 2 aromatic rings. The molecule has 0 saturated carbocycles. The SMILES string of the molecule is O=C(NCCc1cc(F)cc2c1OCOC2)Nc1cccc(C(F)(F)F)c1. The van der Waals surface area contributed by atoms with Gasteiger partial charge in [-0.05, 0) is 42.3 Å². The lowest BCUT2D eigenvalue weighted by Gasteiger charge is -2.21. The molecule has 1 heterocycles. The molecule has 2 amide bonds. The summed E-state index contributed by atoms with van der Waals surface area (Å²) in [6.45, 7) is 0.448. The molecule has 9 heteroatoms. The van der Waals surface area contributed by atoms with E-state index in [1.54, 1.807) is 0 Å². The number of ether oxygens (including phenoxy) is 2. The van der Waals surface area contributed by atoms with Gasteiger partial charge in [-0.3, -0.25) is 0 Å². The van der Waals surface area contributed by atoms with E-state index >= 15 is 0 Å². The molecule has 0 bridgehead atoms. The Bertz CT molecular complexity index is 840. The van der Waals surface area contributed by atoms with Crippen LogP contribution in [-0.2, 0) is 23.9 Å². The van der Waals surface area contributed by atoms with E-state index in [0.29, 0.717) is 16.9 Å². The molecule has 0 unspecified atom stereocenters. The Kier molecular flexibility index (Phi) is 5.50. The Morgan fingerprint density at radius 1 is 1.19 bits per heavy atom. The van der Waals surface area contributed by atoms with Gasteiger partial charge in [-0.25, -0.2) is 9.18 Å². The molecule has 1 aliphatic heterocycles. The molecule has 5 nitrogen and oxygen atoms in total. The minimum Gasteiger partial charge on any atom is -0.467 e. The molecule has 144 valence electrons. The number of benzene rings is 2. The van der Waals surface area contributed by atoms with Crippen molar-refractivity contribution in [2.45, 2.75) is 19.2 Å². The maximum Gasteiger partial charge on any atom is 0.416 e. The van der Waals surface area contributed by atoms with Crippen molar-refractivity contribution in [3.63, 3.8) is 0 Å². The van der Waals surface area contributed by atoms with Gasteiger partial charge in [0.05, 0.1) is 12.2 Å². The average molecular weight is 384 g/mol. The Morgan fingerprint density at radius 2 is 2.00 bits per heavy atom. The summed E-state index contributed by atoms with van der Waals surface area (Å²) >= 11 is 0. The molecule has 1 aliphatic rings. The highest BCUT2D eigenvalue weighted by molar-refractivity contribution is 5.89. The van der Waals surface area contributed by atoms with Crippen LogP contribution in [0.2, 0.25) is 0 Å². The quantitative estimate of drug-likeness (QED) is 0.782. The van der Waals surface area contributed by atoms with E-state index in [2.05, 4.69) is 10.6 Å². The van der Waals surface area contributed by atoms with Crippen LogP contribution in [0.5, 0.6) is 5.75 Å². The molecule has 0 radical (unpaired) electrons. The van der Waals surface area contributed by atoms with Crippen LogP contribution in [-0.4, -0.2) is 19.4 Å². The minimum atomic E-state index is -4.49. The normalized spacial score (nSPS) is 13.5. The number of fused-ring (bicyclic) bond motifs is 1. The first-order valence-electron chi connectivity index (χ1n) is 8.07. The van der Waals surface area contributed by atoms with Gasteiger partial charge in [-0.1, -0.05) is 6.07 Å². The fraction of sp³-hybridized carbons (Fsp3) is 0.278. The van der Waals surface area contributed by atoms with Crippen LogP contribution in [0.3, 0.4) is 0 Å². The molecule has 0 aromatic heterocycles. The average Bonchev–Trinajstić information content (AvgIpc) is 2.61. The zero-order valence-electron chi connectivity index (χ0n) is 14.0. The third-order valence-corrected chi connectivity index (χ3v) is 3.88. The summed E-state index contributed by atoms with van der Waals surface area (Å²) in [5.74, 6) is 0.0917. The number of carbonyl (C=O) groups is 1. The van der Waals surface area contributed by atoms with Gasteiger partial charge in [0.2, 0.25) is 0 Å². The van der Waals surface area contributed by atoms with Crippen molar-refractivity contribution in [1.29, 1.82) is 0 Å². The van der Waals surface area contributed by atoms with E-state index in [0.717, 1.165) is 12.1 Å². The van der Waals surface area contributed by atoms with Crippen molar-refractivity contribution >= 4 is 11.7 Å². The number of rotatable bonds is 4. The zero-order chi connectivity index (χ0) is 19.4. The molecular weight excluding hydrogens is 368 g/mol. The Labute approximate surface area is 152 Å². The highest BCUT2D eigenvalue weighted by Crippen LogP contribution is 2.31. The van der Waals surface area contributed by atoms with Gasteiger partial charge < -0.3 is 20.1 Å². The third-order valence-electron chi connectivity index (χ3n) is 3.88. The zero-order valence-corrected chi connectivity index (χ0v) is 14.0. The number of amides is 2. The molecule has 3 rings (SSSR count). The second-order valence-corrected chi connectivity index (χ2v) is 5.87. The fourth-order valence-corrected chi connectivity index (χ4v) is 2.70. The number of alkyl halides is 3. The van der Waals surface area contributed by atoms with Crippen molar-refractivity contribution in [3.8, 4) is 5.75 Å². The smallest absolute Gasteiger partial charge is 0.416 e. The number of urea groups is 1. The van der Waals surface area contributed by atoms with Crippen LogP contribution < -0.4 is 15.4 Å². The summed E-state index contributed by atoms with van der Waals surface area (Å²) in [4.78, 5) is 11.9. The molecule has 0 atom stereocenters. The van der Waals surface area contributed by atoms with Crippen LogP contribution >= 0.6 is 0 Å². The minimum absolute atomic E-state index is 0.0194. The molecular formula is C18H16F4N2O3. The summed E-state index contributed by atoms with van der Waals surface area (Å²) in [5, 5.41) is 4.86. The Hall–Kier alpha value is -2.81. The summed E-state index contributed by atoms with van der Waals surface area (Å²) in [7, 11) is 0. The largest absolute Gasteiger partial charge is 0.467 e. The molecule has 2 N–H and O–H groups in total. The topological polar surface area (TPSA) is 59.6 Å². The maximum absolute atomic E-state index is 13.7. The number of hydrogen-bond acceptors (Lipinski definition) is 3. The maximum atomic E-state index is 13.7. The first kappa shape index (κ1) is 19.0. The molecule has 0 aliphatic carbocycles. The van der Waals surface area contributed by atoms with Crippen LogP contribution in [0.4, 0.5) is 28.0 Å². The summed E-state index contributed by atoms with van der Waals surface area (Å²) < 4.78 is 62.2. The van der Waals surface area contributed by atoms with Gasteiger partial charge in [0.25, 0.3) is 0 Å². The van der Waals surface area contributed by atoms with Crippen LogP contribution in [0.1, 0.15) is 16.7 Å². The van der Waals surface area contributed by atoms with Crippen molar-refractivity contribution < 1.29 is 31.8 Å². The van der Waals surface area contributed by atoms with Gasteiger partial charge in [0.15, 0.2) is 6.79 Å². The number of carbonyl (C=O) groups excluding carboxylic acids is 1. The number of anilines is 1. The second kappa shape index (κ2) is 7.83. The van der Waals surface area contributed by atoms with Gasteiger partial charge in [0, 0.05) is 17.8 Å². The molecule has 0 saturated heterocycles. The predicted octanol–water partition coefficient (Wildman–Crippen LogP) is 4.08. The molecule has 27 heavy (non-hydrogen) atoms. The van der Waals surface area contributed by atoms with Gasteiger partial charge >= 0.3 is 12.2 Å². The summed E-state index contributed by atoms with van der Waals surface area (Å²) in [5.41, 5.74) is 0.328. The van der Waals surface area contributed by atoms with Crippen molar-refractivity contribution in [3.05, 3.63) is 58.9 Å². The lowest BCUT2D eigenvalue weighted by atomic mass is 10.1. The lowest BCUT2D eigenvalue weighted by Crippen LogP contribution is -2.30. The fourth-order valence-electron chi connectivity index (χ4n) is 2.70. The number of hydrogen-bond donors (Lipinski definition) is 2. The molecule has 0 fully saturated rings. The van der Waals surface area contributed by atoms with Crippen LogP contribution in [0.15, 0.2) is 36.4 Å². The van der Waals surface area contributed by atoms with E-state index in [1.807, 2.05) is 0 Å². The number of nitrogens with one attached hydrogen (secondary N) is 2. The molecule has 2 aromatic carbocycles. The highest BCUT2D eigenvalue weighted by atomic mass is 19.4. The van der Waals surface area contributed by atoms with Crippen molar-refractivity contribution in [2.75, 3.05) is 18.7 Å². The summed E-state index contributed by atoms with van der Waals surface area (Å²) in [6, 6.07) is 6.30. The van der Waals surface area contributed by atoms with Crippen molar-refractivity contribution in [2.24, 2.45) is 0 Å². The van der Waals surface area contributed by atoms with Crippen LogP contribution in [0.25, 0.3) is 0 Å². The third kappa shape index (κ3) is 4.88. The van der Waals surface area contributed by atoms with Crippen LogP contribution in [0, 0.1) is 5.82 Å². The first-order chi connectivity index (χ1) is 12.8. The van der Waals surface area contributed by atoms with E-state index in [9.17, 15) is 22.4 Å². The van der Waals surface area contributed by atoms with E-state index in [4.69, 9.17) is 9.47 Å². The first-order valence-corrected chi connectivity index (χ1v) is 8.07. The number of halogens is 4. The van der Waals surface area contributed by atoms with Gasteiger partial charge in [0.1, 0.15) is 11.6 Å². The highest BCUT2D eigenvalue weighted by Gasteiger charge is 2.30. The lowest BCUT2D eigenvalue weighted by molar-refractivity contribution is -0.137.